The molecule has 0 fully saturated rings. The lowest BCUT2D eigenvalue weighted by Gasteiger charge is -2.18. The molecule has 2 aliphatic rings. The number of aromatic nitrogens is 3. The summed E-state index contributed by atoms with van der Waals surface area (Å²) in [6.07, 6.45) is 7.68. The fourth-order valence-corrected chi connectivity index (χ4v) is 3.97. The van der Waals surface area contributed by atoms with Crippen molar-refractivity contribution in [1.82, 2.24) is 14.5 Å². The molecule has 0 atom stereocenters. The van der Waals surface area contributed by atoms with Crippen molar-refractivity contribution < 1.29 is 18.7 Å². The zero-order valence-corrected chi connectivity index (χ0v) is 17.5. The van der Waals surface area contributed by atoms with Gasteiger partial charge >= 0.3 is 0 Å². The summed E-state index contributed by atoms with van der Waals surface area (Å²) in [5.74, 6) is 0.553. The Hall–Kier alpha value is -3.52. The van der Waals surface area contributed by atoms with Gasteiger partial charge in [-0.05, 0) is 43.0 Å². The number of rotatable bonds is 1. The third-order valence-corrected chi connectivity index (χ3v) is 5.61. The van der Waals surface area contributed by atoms with Gasteiger partial charge in [-0.3, -0.25) is 4.79 Å². The second-order valence-electron chi connectivity index (χ2n) is 7.74. The van der Waals surface area contributed by atoms with Gasteiger partial charge < -0.3 is 19.4 Å². The Kier molecular flexibility index (Phi) is 5.68. The number of pyridine rings is 1. The Bertz CT molecular complexity index is 1190. The standard InChI is InChI=1S/C24H23FN4O3/c25-19-15-21-18(14-17(19)16-6-12-31-13-7-16)24(30)28-22-5-3-4-20(27-22)23-26-8-10-29(23)9-1-2-11-32-21/h3-6,8,10,14-15H,1-2,7,9,11-13H2,(H,27,28,30). The van der Waals surface area contributed by atoms with Crippen LogP contribution in [0.4, 0.5) is 10.2 Å². The van der Waals surface area contributed by atoms with E-state index in [1.54, 1.807) is 18.3 Å². The van der Waals surface area contributed by atoms with Gasteiger partial charge in [0.1, 0.15) is 23.1 Å². The average molecular weight is 434 g/mol. The Morgan fingerprint density at radius 3 is 2.94 bits per heavy atom. The molecule has 1 aromatic carbocycles. The average Bonchev–Trinajstić information content (AvgIpc) is 3.28. The lowest BCUT2D eigenvalue weighted by Crippen LogP contribution is -2.17. The molecule has 0 radical (unpaired) electrons. The van der Waals surface area contributed by atoms with Gasteiger partial charge in [0.15, 0.2) is 5.82 Å². The number of carbonyl (C=O) groups is 1. The van der Waals surface area contributed by atoms with Gasteiger partial charge in [-0.1, -0.05) is 12.1 Å². The van der Waals surface area contributed by atoms with Gasteiger partial charge in [-0.2, -0.15) is 0 Å². The zero-order chi connectivity index (χ0) is 21.9. The molecule has 8 heteroatoms. The van der Waals surface area contributed by atoms with Gasteiger partial charge in [-0.15, -0.1) is 0 Å². The van der Waals surface area contributed by atoms with E-state index in [0.29, 0.717) is 43.3 Å². The third-order valence-electron chi connectivity index (χ3n) is 5.61. The summed E-state index contributed by atoms with van der Waals surface area (Å²) in [5.41, 5.74) is 2.18. The predicted octanol–water partition coefficient (Wildman–Crippen LogP) is 4.31. The van der Waals surface area contributed by atoms with Gasteiger partial charge in [0.2, 0.25) is 0 Å². The fraction of sp³-hybridized carbons (Fsp3) is 0.292. The molecule has 2 aliphatic heterocycles. The van der Waals surface area contributed by atoms with Crippen LogP contribution in [0.1, 0.15) is 35.2 Å². The van der Waals surface area contributed by atoms with Crippen LogP contribution in [-0.2, 0) is 11.3 Å². The fourth-order valence-electron chi connectivity index (χ4n) is 3.97. The van der Waals surface area contributed by atoms with Crippen LogP contribution in [0.25, 0.3) is 17.1 Å². The first kappa shape index (κ1) is 20.4. The number of aryl methyl sites for hydroxylation is 1. The Morgan fingerprint density at radius 2 is 2.06 bits per heavy atom. The number of carbonyl (C=O) groups excluding carboxylic acids is 1. The molecule has 32 heavy (non-hydrogen) atoms. The van der Waals surface area contributed by atoms with Gasteiger partial charge in [0.25, 0.3) is 5.91 Å². The summed E-state index contributed by atoms with van der Waals surface area (Å²) in [5, 5.41) is 2.83. The largest absolute Gasteiger partial charge is 0.493 e. The number of anilines is 1. The molecule has 164 valence electrons. The van der Waals surface area contributed by atoms with E-state index in [4.69, 9.17) is 9.47 Å². The molecule has 0 unspecified atom stereocenters. The predicted molar refractivity (Wildman–Crippen MR) is 118 cm³/mol. The SMILES string of the molecule is O=C1Nc2cccc(n2)-c2nccn2CCCCOc2cc(F)c(C3=CCOCC3)cc21. The van der Waals surface area contributed by atoms with Crippen molar-refractivity contribution >= 4 is 17.3 Å². The summed E-state index contributed by atoms with van der Waals surface area (Å²) in [6, 6.07) is 8.28. The maximum Gasteiger partial charge on any atom is 0.260 e. The number of ether oxygens (including phenoxy) is 2. The highest BCUT2D eigenvalue weighted by molar-refractivity contribution is 6.06. The molecular weight excluding hydrogens is 411 g/mol. The molecule has 2 aromatic heterocycles. The minimum absolute atomic E-state index is 0.230. The first-order chi connectivity index (χ1) is 15.7. The van der Waals surface area contributed by atoms with Gasteiger partial charge in [0.05, 0.1) is 25.4 Å². The number of nitrogens with zero attached hydrogens (tertiary/aromatic N) is 3. The molecule has 2 bridgehead atoms. The summed E-state index contributed by atoms with van der Waals surface area (Å²) in [4.78, 5) is 22.2. The number of benzene rings is 1. The highest BCUT2D eigenvalue weighted by Gasteiger charge is 2.21. The van der Waals surface area contributed by atoms with E-state index >= 15 is 0 Å². The maximum absolute atomic E-state index is 15.0. The van der Waals surface area contributed by atoms with E-state index in [9.17, 15) is 9.18 Å². The maximum atomic E-state index is 15.0. The monoisotopic (exact) mass is 434 g/mol. The Morgan fingerprint density at radius 1 is 1.12 bits per heavy atom. The molecule has 0 aliphatic carbocycles. The molecule has 7 nitrogen and oxygen atoms in total. The summed E-state index contributed by atoms with van der Waals surface area (Å²) >= 11 is 0. The van der Waals surface area contributed by atoms with E-state index in [2.05, 4.69) is 15.3 Å². The Labute approximate surface area is 184 Å². The van der Waals surface area contributed by atoms with Crippen LogP contribution in [0.15, 0.2) is 48.8 Å². The van der Waals surface area contributed by atoms with E-state index in [1.807, 2.05) is 29.0 Å². The van der Waals surface area contributed by atoms with Crippen LogP contribution < -0.4 is 10.1 Å². The Balaban J connectivity index is 1.54. The normalized spacial score (nSPS) is 16.7. The molecule has 0 spiro atoms. The quantitative estimate of drug-likeness (QED) is 0.617. The first-order valence-electron chi connectivity index (χ1n) is 10.7. The summed E-state index contributed by atoms with van der Waals surface area (Å²) in [6.45, 7) is 2.09. The van der Waals surface area contributed by atoms with E-state index in [-0.39, 0.29) is 11.3 Å². The van der Waals surface area contributed by atoms with Crippen molar-refractivity contribution in [2.45, 2.75) is 25.8 Å². The van der Waals surface area contributed by atoms with E-state index < -0.39 is 11.7 Å². The molecule has 1 N–H and O–H groups in total. The number of amides is 1. The van der Waals surface area contributed by atoms with Crippen molar-refractivity contribution in [3.05, 3.63) is 65.7 Å². The third kappa shape index (κ3) is 4.13. The molecule has 0 saturated carbocycles. The molecule has 5 rings (SSSR count). The molecule has 4 heterocycles. The van der Waals surface area contributed by atoms with Crippen LogP contribution in [0.5, 0.6) is 5.75 Å². The number of halogens is 1. The van der Waals surface area contributed by atoms with Crippen LogP contribution in [0, 0.1) is 5.82 Å². The van der Waals surface area contributed by atoms with E-state index in [1.165, 1.54) is 6.07 Å². The number of fused-ring (bicyclic) bond motifs is 5. The highest BCUT2D eigenvalue weighted by Crippen LogP contribution is 2.31. The smallest absolute Gasteiger partial charge is 0.260 e. The number of nitrogens with one attached hydrogen (secondary N) is 1. The lowest BCUT2D eigenvalue weighted by atomic mass is 9.98. The molecule has 1 amide bonds. The first-order valence-corrected chi connectivity index (χ1v) is 10.7. The second kappa shape index (κ2) is 8.92. The van der Waals surface area contributed by atoms with Crippen LogP contribution in [0.2, 0.25) is 0 Å². The summed E-state index contributed by atoms with van der Waals surface area (Å²) < 4.78 is 28.2. The van der Waals surface area contributed by atoms with Crippen molar-refractivity contribution in [3.8, 4) is 17.3 Å². The van der Waals surface area contributed by atoms with Gasteiger partial charge in [-0.25, -0.2) is 14.4 Å². The van der Waals surface area contributed by atoms with Crippen molar-refractivity contribution in [3.63, 3.8) is 0 Å². The van der Waals surface area contributed by atoms with Gasteiger partial charge in [0, 0.05) is 30.6 Å². The number of hydrogen-bond acceptors (Lipinski definition) is 5. The molecule has 3 aromatic rings. The van der Waals surface area contributed by atoms with Crippen molar-refractivity contribution in [2.75, 3.05) is 25.1 Å². The minimum Gasteiger partial charge on any atom is -0.493 e. The van der Waals surface area contributed by atoms with Crippen LogP contribution >= 0.6 is 0 Å². The number of hydrogen-bond donors (Lipinski definition) is 1. The highest BCUT2D eigenvalue weighted by atomic mass is 19.1. The lowest BCUT2D eigenvalue weighted by molar-refractivity contribution is 0.102. The topological polar surface area (TPSA) is 78.3 Å². The molecular formula is C24H23FN4O3. The van der Waals surface area contributed by atoms with Crippen molar-refractivity contribution in [2.24, 2.45) is 0 Å². The minimum atomic E-state index is -0.408. The van der Waals surface area contributed by atoms with Crippen LogP contribution in [0.3, 0.4) is 0 Å². The molecule has 0 saturated heterocycles. The zero-order valence-electron chi connectivity index (χ0n) is 17.5. The van der Waals surface area contributed by atoms with Crippen LogP contribution in [-0.4, -0.2) is 40.3 Å². The second-order valence-corrected chi connectivity index (χ2v) is 7.74. The summed E-state index contributed by atoms with van der Waals surface area (Å²) in [7, 11) is 0. The number of imidazole rings is 1. The van der Waals surface area contributed by atoms with E-state index in [0.717, 1.165) is 30.8 Å². The van der Waals surface area contributed by atoms with Crippen molar-refractivity contribution in [1.29, 1.82) is 0 Å².